The van der Waals surface area contributed by atoms with E-state index in [1.165, 1.54) is 6.92 Å². The molecule has 0 aliphatic carbocycles. The van der Waals surface area contributed by atoms with E-state index >= 15 is 0 Å². The zero-order valence-corrected chi connectivity index (χ0v) is 12.7. The van der Waals surface area contributed by atoms with Gasteiger partial charge in [0.2, 0.25) is 21.1 Å². The minimum absolute atomic E-state index is 0.153. The van der Waals surface area contributed by atoms with E-state index in [1.54, 1.807) is 0 Å². The third-order valence-corrected chi connectivity index (χ3v) is 5.03. The normalized spacial score (nSPS) is 13.5. The highest BCUT2D eigenvalue weighted by atomic mass is 35.5. The van der Waals surface area contributed by atoms with Gasteiger partial charge in [-0.2, -0.15) is 4.31 Å². The third kappa shape index (κ3) is 2.95. The number of rotatable bonds is 5. The molecule has 0 fully saturated rings. The highest BCUT2D eigenvalue weighted by Crippen LogP contribution is 2.29. The van der Waals surface area contributed by atoms with E-state index in [1.807, 2.05) is 0 Å². The Balaban J connectivity index is 3.64. The van der Waals surface area contributed by atoms with Crippen molar-refractivity contribution in [3.8, 4) is 0 Å². The van der Waals surface area contributed by atoms with Gasteiger partial charge in [-0.05, 0) is 18.0 Å². The molecule has 1 atom stereocenters. The van der Waals surface area contributed by atoms with E-state index in [4.69, 9.17) is 11.6 Å². The van der Waals surface area contributed by atoms with Crippen molar-refractivity contribution in [3.63, 3.8) is 0 Å². The molecular formula is C11H9ClF5NO3S. The van der Waals surface area contributed by atoms with Crippen LogP contribution in [0.15, 0.2) is 4.90 Å². The summed E-state index contributed by atoms with van der Waals surface area (Å²) in [5.41, 5.74) is 0. The SMILES string of the molecule is CC[C@H](C(=O)Cl)N(C)S(=O)(=O)c1c(F)c(F)c(F)c(F)c1F. The summed E-state index contributed by atoms with van der Waals surface area (Å²) in [6.07, 6.45) is -0.173. The fraction of sp³-hybridized carbons (Fsp3) is 0.364. The predicted octanol–water partition coefficient (Wildman–Crippen LogP) is 2.55. The molecule has 0 aliphatic rings. The van der Waals surface area contributed by atoms with Gasteiger partial charge in [-0.1, -0.05) is 6.92 Å². The van der Waals surface area contributed by atoms with Crippen LogP contribution in [0.1, 0.15) is 13.3 Å². The third-order valence-electron chi connectivity index (χ3n) is 2.89. The summed E-state index contributed by atoms with van der Waals surface area (Å²) in [4.78, 5) is 9.08. The van der Waals surface area contributed by atoms with Crippen LogP contribution in [0, 0.1) is 29.1 Å². The van der Waals surface area contributed by atoms with Crippen molar-refractivity contribution in [1.82, 2.24) is 4.31 Å². The van der Waals surface area contributed by atoms with Crippen molar-refractivity contribution in [2.75, 3.05) is 7.05 Å². The average Bonchev–Trinajstić information content (AvgIpc) is 2.43. The first-order chi connectivity index (χ1) is 9.98. The Kier molecular flexibility index (Phi) is 5.52. The van der Waals surface area contributed by atoms with E-state index in [-0.39, 0.29) is 10.7 Å². The largest absolute Gasteiger partial charge is 0.279 e. The standard InChI is InChI=1S/C11H9ClF5NO3S/c1-3-4(11(12)19)18(2)22(20,21)10-8(16)6(14)5(13)7(15)9(10)17/h4H,3H2,1-2H3/t4-/m1/s1. The molecule has 0 amide bonds. The number of hydrogen-bond acceptors (Lipinski definition) is 3. The lowest BCUT2D eigenvalue weighted by molar-refractivity contribution is -0.114. The number of nitrogens with zero attached hydrogens (tertiary/aromatic N) is 1. The maximum Gasteiger partial charge on any atom is 0.249 e. The molecule has 0 N–H and O–H groups in total. The van der Waals surface area contributed by atoms with E-state index in [0.717, 1.165) is 7.05 Å². The number of carbonyl (C=O) groups is 1. The molecule has 0 unspecified atom stereocenters. The lowest BCUT2D eigenvalue weighted by atomic mass is 10.2. The van der Waals surface area contributed by atoms with Gasteiger partial charge < -0.3 is 0 Å². The molecule has 22 heavy (non-hydrogen) atoms. The Morgan fingerprint density at radius 3 is 1.73 bits per heavy atom. The molecular weight excluding hydrogens is 357 g/mol. The molecule has 0 saturated heterocycles. The summed E-state index contributed by atoms with van der Waals surface area (Å²) >= 11 is 5.16. The number of hydrogen-bond donors (Lipinski definition) is 0. The molecule has 1 rings (SSSR count). The molecule has 1 aromatic carbocycles. The summed E-state index contributed by atoms with van der Waals surface area (Å²) in [6.45, 7) is 1.34. The predicted molar refractivity (Wildman–Crippen MR) is 66.1 cm³/mol. The molecule has 0 radical (unpaired) electrons. The van der Waals surface area contributed by atoms with Gasteiger partial charge in [-0.3, -0.25) is 4.79 Å². The molecule has 1 aromatic rings. The fourth-order valence-corrected chi connectivity index (χ4v) is 3.54. The number of likely N-dealkylation sites (N-methyl/N-ethyl adjacent to an activating group) is 1. The van der Waals surface area contributed by atoms with Crippen LogP contribution in [0.25, 0.3) is 0 Å². The van der Waals surface area contributed by atoms with E-state index in [9.17, 15) is 35.2 Å². The molecule has 0 saturated carbocycles. The summed E-state index contributed by atoms with van der Waals surface area (Å²) in [5.74, 6) is -12.3. The minimum Gasteiger partial charge on any atom is -0.279 e. The van der Waals surface area contributed by atoms with Gasteiger partial charge in [-0.25, -0.2) is 30.4 Å². The summed E-state index contributed by atoms with van der Waals surface area (Å²) in [7, 11) is -4.45. The van der Waals surface area contributed by atoms with Gasteiger partial charge in [0.15, 0.2) is 28.2 Å². The second-order valence-corrected chi connectivity index (χ2v) is 6.46. The van der Waals surface area contributed by atoms with Gasteiger partial charge in [0.05, 0.1) is 6.04 Å². The van der Waals surface area contributed by atoms with Crippen molar-refractivity contribution in [2.45, 2.75) is 24.3 Å². The molecule has 0 bridgehead atoms. The van der Waals surface area contributed by atoms with E-state index < -0.39 is 55.3 Å². The molecule has 0 aromatic heterocycles. The topological polar surface area (TPSA) is 54.5 Å². The van der Waals surface area contributed by atoms with Crippen LogP contribution in [0.2, 0.25) is 0 Å². The second-order valence-electron chi connectivity index (χ2n) is 4.15. The lowest BCUT2D eigenvalue weighted by Crippen LogP contribution is -2.41. The first kappa shape index (κ1) is 18.8. The van der Waals surface area contributed by atoms with Crippen molar-refractivity contribution in [2.24, 2.45) is 0 Å². The Labute approximate surface area is 127 Å². The van der Waals surface area contributed by atoms with Gasteiger partial charge >= 0.3 is 0 Å². The first-order valence-corrected chi connectivity index (χ1v) is 7.49. The number of benzene rings is 1. The van der Waals surface area contributed by atoms with Gasteiger partial charge in [0, 0.05) is 7.05 Å². The molecule has 0 aliphatic heterocycles. The monoisotopic (exact) mass is 365 g/mol. The number of sulfonamides is 1. The van der Waals surface area contributed by atoms with Crippen LogP contribution in [0.3, 0.4) is 0 Å². The first-order valence-electron chi connectivity index (χ1n) is 5.67. The van der Waals surface area contributed by atoms with Crippen LogP contribution < -0.4 is 0 Å². The molecule has 0 spiro atoms. The quantitative estimate of drug-likeness (QED) is 0.349. The zero-order valence-electron chi connectivity index (χ0n) is 11.1. The van der Waals surface area contributed by atoms with Crippen LogP contribution in [-0.2, 0) is 14.8 Å². The zero-order chi connectivity index (χ0) is 17.4. The maximum absolute atomic E-state index is 13.6. The minimum atomic E-state index is -5.19. The van der Waals surface area contributed by atoms with Gasteiger partial charge in [-0.15, -0.1) is 0 Å². The van der Waals surface area contributed by atoms with Crippen LogP contribution in [0.5, 0.6) is 0 Å². The van der Waals surface area contributed by atoms with E-state index in [2.05, 4.69) is 0 Å². The van der Waals surface area contributed by atoms with Crippen molar-refractivity contribution < 1.29 is 35.2 Å². The molecule has 0 heterocycles. The van der Waals surface area contributed by atoms with Crippen LogP contribution in [0.4, 0.5) is 22.0 Å². The van der Waals surface area contributed by atoms with Crippen molar-refractivity contribution >= 4 is 26.9 Å². The summed E-state index contributed by atoms with van der Waals surface area (Å²) in [6, 6.07) is -1.53. The molecule has 124 valence electrons. The Bertz CT molecular complexity index is 696. The van der Waals surface area contributed by atoms with Gasteiger partial charge in [0.25, 0.3) is 0 Å². The Hall–Kier alpha value is -1.26. The number of carbonyl (C=O) groups excluding carboxylic acids is 1. The Morgan fingerprint density at radius 1 is 1.05 bits per heavy atom. The van der Waals surface area contributed by atoms with E-state index in [0.29, 0.717) is 0 Å². The smallest absolute Gasteiger partial charge is 0.249 e. The maximum atomic E-state index is 13.6. The highest BCUT2D eigenvalue weighted by molar-refractivity contribution is 7.89. The van der Waals surface area contributed by atoms with Crippen molar-refractivity contribution in [3.05, 3.63) is 29.1 Å². The van der Waals surface area contributed by atoms with Crippen LogP contribution in [-0.4, -0.2) is 31.1 Å². The summed E-state index contributed by atoms with van der Waals surface area (Å²) < 4.78 is 90.6. The summed E-state index contributed by atoms with van der Waals surface area (Å²) in [5, 5.41) is -1.17. The number of halogens is 6. The van der Waals surface area contributed by atoms with Crippen molar-refractivity contribution in [1.29, 1.82) is 0 Å². The lowest BCUT2D eigenvalue weighted by Gasteiger charge is -2.24. The molecule has 4 nitrogen and oxygen atoms in total. The van der Waals surface area contributed by atoms with Crippen LogP contribution >= 0.6 is 11.6 Å². The average molecular weight is 366 g/mol. The Morgan fingerprint density at radius 2 is 1.41 bits per heavy atom. The molecule has 11 heteroatoms. The highest BCUT2D eigenvalue weighted by Gasteiger charge is 2.39. The second kappa shape index (κ2) is 6.47. The van der Waals surface area contributed by atoms with Gasteiger partial charge in [0.1, 0.15) is 0 Å². The fourth-order valence-electron chi connectivity index (χ4n) is 1.68.